The minimum atomic E-state index is -0.400. The summed E-state index contributed by atoms with van der Waals surface area (Å²) in [5.74, 6) is 1.83. The molecular weight excluding hydrogens is 271 g/mol. The second-order valence-electron chi connectivity index (χ2n) is 5.50. The molecule has 1 aliphatic heterocycles. The van der Waals surface area contributed by atoms with Crippen molar-refractivity contribution < 1.29 is 4.39 Å². The molecule has 0 saturated carbocycles. The van der Waals surface area contributed by atoms with Crippen LogP contribution in [-0.4, -0.2) is 47.1 Å². The van der Waals surface area contributed by atoms with Gasteiger partial charge in [-0.1, -0.05) is 0 Å². The van der Waals surface area contributed by atoms with E-state index in [9.17, 15) is 4.39 Å². The minimum absolute atomic E-state index is 0.320. The van der Waals surface area contributed by atoms with E-state index in [1.54, 1.807) is 25.2 Å². The van der Waals surface area contributed by atoms with Crippen LogP contribution in [0.4, 0.5) is 16.2 Å². The Bertz CT molecular complexity index is 598. The highest BCUT2D eigenvalue weighted by Crippen LogP contribution is 2.27. The number of piperidine rings is 1. The molecule has 6 nitrogen and oxygen atoms in total. The predicted octanol–water partition coefficient (Wildman–Crippen LogP) is 1.79. The van der Waals surface area contributed by atoms with E-state index in [1.807, 2.05) is 6.20 Å². The van der Waals surface area contributed by atoms with Crippen molar-refractivity contribution in [3.05, 3.63) is 30.2 Å². The van der Waals surface area contributed by atoms with Gasteiger partial charge in [0.15, 0.2) is 11.6 Å². The molecule has 1 saturated heterocycles. The minimum Gasteiger partial charge on any atom is -0.360 e. The van der Waals surface area contributed by atoms with Crippen LogP contribution in [0.2, 0.25) is 0 Å². The van der Waals surface area contributed by atoms with E-state index in [0.29, 0.717) is 17.7 Å². The standard InChI is InChI=1S/C14H19FN6/c1-20(2)13-11(15)8-18-14(19-13)21-7-3-4-10(9-21)12-16-5-6-17-12/h5-6,8,10H,3-4,7,9H2,1-2H3,(H,16,17)/t10-/m0/s1. The van der Waals surface area contributed by atoms with Gasteiger partial charge in [-0.15, -0.1) is 0 Å². The van der Waals surface area contributed by atoms with Crippen LogP contribution in [0.15, 0.2) is 18.6 Å². The zero-order valence-corrected chi connectivity index (χ0v) is 12.3. The van der Waals surface area contributed by atoms with Crippen LogP contribution in [0.1, 0.15) is 24.6 Å². The molecule has 0 aliphatic carbocycles. The quantitative estimate of drug-likeness (QED) is 0.934. The van der Waals surface area contributed by atoms with Crippen LogP contribution in [-0.2, 0) is 0 Å². The Labute approximate surface area is 123 Å². The zero-order valence-electron chi connectivity index (χ0n) is 12.3. The second kappa shape index (κ2) is 5.67. The van der Waals surface area contributed by atoms with Crippen molar-refractivity contribution >= 4 is 11.8 Å². The lowest BCUT2D eigenvalue weighted by atomic mass is 9.98. The fourth-order valence-electron chi connectivity index (χ4n) is 2.70. The molecule has 21 heavy (non-hydrogen) atoms. The van der Waals surface area contributed by atoms with Crippen molar-refractivity contribution in [1.29, 1.82) is 0 Å². The van der Waals surface area contributed by atoms with Gasteiger partial charge in [0.2, 0.25) is 5.95 Å². The molecule has 2 aromatic rings. The van der Waals surface area contributed by atoms with E-state index in [-0.39, 0.29) is 0 Å². The number of H-pyrrole nitrogens is 1. The average molecular weight is 290 g/mol. The summed E-state index contributed by atoms with van der Waals surface area (Å²) < 4.78 is 13.7. The van der Waals surface area contributed by atoms with Crippen LogP contribution < -0.4 is 9.80 Å². The summed E-state index contributed by atoms with van der Waals surface area (Å²) in [6, 6.07) is 0. The molecule has 2 aromatic heterocycles. The van der Waals surface area contributed by atoms with Crippen LogP contribution in [0, 0.1) is 5.82 Å². The molecule has 0 unspecified atom stereocenters. The maximum absolute atomic E-state index is 13.7. The van der Waals surface area contributed by atoms with Gasteiger partial charge in [-0.25, -0.2) is 14.4 Å². The largest absolute Gasteiger partial charge is 0.360 e. The average Bonchev–Trinajstić information content (AvgIpc) is 3.02. The fraction of sp³-hybridized carbons (Fsp3) is 0.500. The summed E-state index contributed by atoms with van der Waals surface area (Å²) in [4.78, 5) is 19.8. The number of aromatic amines is 1. The molecule has 1 fully saturated rings. The fourth-order valence-corrected chi connectivity index (χ4v) is 2.70. The molecule has 3 heterocycles. The lowest BCUT2D eigenvalue weighted by molar-refractivity contribution is 0.487. The molecule has 7 heteroatoms. The lowest BCUT2D eigenvalue weighted by Gasteiger charge is -2.32. The van der Waals surface area contributed by atoms with E-state index in [2.05, 4.69) is 24.8 Å². The van der Waals surface area contributed by atoms with Crippen molar-refractivity contribution in [2.45, 2.75) is 18.8 Å². The first kappa shape index (κ1) is 13.8. The summed E-state index contributed by atoms with van der Waals surface area (Å²) in [7, 11) is 3.55. The summed E-state index contributed by atoms with van der Waals surface area (Å²) in [6.07, 6.45) is 6.99. The van der Waals surface area contributed by atoms with Crippen LogP contribution in [0.25, 0.3) is 0 Å². The number of rotatable bonds is 3. The summed E-state index contributed by atoms with van der Waals surface area (Å²) in [5.41, 5.74) is 0. The van der Waals surface area contributed by atoms with Gasteiger partial charge in [0, 0.05) is 45.5 Å². The van der Waals surface area contributed by atoms with Crippen LogP contribution >= 0.6 is 0 Å². The predicted molar refractivity (Wildman–Crippen MR) is 79.1 cm³/mol. The molecule has 0 aromatic carbocycles. The van der Waals surface area contributed by atoms with E-state index in [4.69, 9.17) is 0 Å². The highest BCUT2D eigenvalue weighted by atomic mass is 19.1. The Hall–Kier alpha value is -2.18. The Morgan fingerprint density at radius 3 is 2.95 bits per heavy atom. The monoisotopic (exact) mass is 290 g/mol. The lowest BCUT2D eigenvalue weighted by Crippen LogP contribution is -2.36. The van der Waals surface area contributed by atoms with Gasteiger partial charge in [0.05, 0.1) is 6.20 Å². The number of anilines is 2. The maximum atomic E-state index is 13.7. The van der Waals surface area contributed by atoms with Gasteiger partial charge in [0.1, 0.15) is 5.82 Å². The van der Waals surface area contributed by atoms with Crippen LogP contribution in [0.3, 0.4) is 0 Å². The summed E-state index contributed by atoms with van der Waals surface area (Å²) >= 11 is 0. The number of hydrogen-bond acceptors (Lipinski definition) is 5. The Kier molecular flexibility index (Phi) is 3.72. The van der Waals surface area contributed by atoms with E-state index in [1.165, 1.54) is 6.20 Å². The molecule has 112 valence electrons. The van der Waals surface area contributed by atoms with Gasteiger partial charge in [0.25, 0.3) is 0 Å². The first-order valence-corrected chi connectivity index (χ1v) is 7.09. The molecule has 1 aliphatic rings. The number of imidazole rings is 1. The van der Waals surface area contributed by atoms with E-state index >= 15 is 0 Å². The molecule has 0 radical (unpaired) electrons. The Balaban J connectivity index is 1.82. The van der Waals surface area contributed by atoms with Gasteiger partial charge >= 0.3 is 0 Å². The van der Waals surface area contributed by atoms with Crippen molar-refractivity contribution in [1.82, 2.24) is 19.9 Å². The topological polar surface area (TPSA) is 60.9 Å². The van der Waals surface area contributed by atoms with E-state index in [0.717, 1.165) is 31.8 Å². The summed E-state index contributed by atoms with van der Waals surface area (Å²) in [6.45, 7) is 1.68. The first-order valence-electron chi connectivity index (χ1n) is 7.09. The van der Waals surface area contributed by atoms with Gasteiger partial charge in [-0.3, -0.25) is 0 Å². The number of halogens is 1. The van der Waals surface area contributed by atoms with Crippen LogP contribution in [0.5, 0.6) is 0 Å². The highest BCUT2D eigenvalue weighted by Gasteiger charge is 2.25. The molecule has 0 spiro atoms. The first-order chi connectivity index (χ1) is 10.1. The molecule has 0 amide bonds. The van der Waals surface area contributed by atoms with Gasteiger partial charge in [-0.05, 0) is 12.8 Å². The smallest absolute Gasteiger partial charge is 0.227 e. The second-order valence-corrected chi connectivity index (χ2v) is 5.50. The SMILES string of the molecule is CN(C)c1nc(N2CCC[C@H](c3ncc[nH]3)C2)ncc1F. The Morgan fingerprint density at radius 2 is 2.24 bits per heavy atom. The third kappa shape index (κ3) is 2.81. The third-order valence-corrected chi connectivity index (χ3v) is 3.75. The van der Waals surface area contributed by atoms with Gasteiger partial charge in [-0.2, -0.15) is 4.98 Å². The molecule has 1 atom stereocenters. The normalized spacial score (nSPS) is 18.8. The Morgan fingerprint density at radius 1 is 1.38 bits per heavy atom. The number of nitrogens with one attached hydrogen (secondary N) is 1. The molecule has 3 rings (SSSR count). The molecule has 1 N–H and O–H groups in total. The van der Waals surface area contributed by atoms with Crippen molar-refractivity contribution in [3.8, 4) is 0 Å². The van der Waals surface area contributed by atoms with Crippen molar-refractivity contribution in [3.63, 3.8) is 0 Å². The molecule has 0 bridgehead atoms. The van der Waals surface area contributed by atoms with Crippen molar-refractivity contribution in [2.75, 3.05) is 37.0 Å². The van der Waals surface area contributed by atoms with Gasteiger partial charge < -0.3 is 14.8 Å². The number of hydrogen-bond donors (Lipinski definition) is 1. The van der Waals surface area contributed by atoms with E-state index < -0.39 is 5.82 Å². The number of aromatic nitrogens is 4. The third-order valence-electron chi connectivity index (χ3n) is 3.75. The highest BCUT2D eigenvalue weighted by molar-refractivity contribution is 5.44. The van der Waals surface area contributed by atoms with Crippen molar-refractivity contribution in [2.24, 2.45) is 0 Å². The zero-order chi connectivity index (χ0) is 14.8. The molecular formula is C14H19FN6. The summed E-state index contributed by atoms with van der Waals surface area (Å²) in [5, 5.41) is 0. The maximum Gasteiger partial charge on any atom is 0.227 e. The number of nitrogens with zero attached hydrogens (tertiary/aromatic N) is 5.